The molecular formula is C20H20N4O3S. The highest BCUT2D eigenvalue weighted by molar-refractivity contribution is 7.89. The van der Waals surface area contributed by atoms with Gasteiger partial charge in [-0.2, -0.15) is 5.10 Å². The van der Waals surface area contributed by atoms with E-state index in [-0.39, 0.29) is 11.4 Å². The monoisotopic (exact) mass is 396 g/mol. The average Bonchev–Trinajstić information content (AvgIpc) is 3.36. The van der Waals surface area contributed by atoms with Crippen molar-refractivity contribution in [2.24, 2.45) is 7.05 Å². The fourth-order valence-corrected chi connectivity index (χ4v) is 4.14. The van der Waals surface area contributed by atoms with Crippen LogP contribution < -0.4 is 4.72 Å². The third kappa shape index (κ3) is 3.57. The fraction of sp³-hybridized carbons (Fsp3) is 0.150. The van der Waals surface area contributed by atoms with Crippen molar-refractivity contribution in [3.05, 3.63) is 78.8 Å². The van der Waals surface area contributed by atoms with E-state index in [1.54, 1.807) is 41.3 Å². The molecule has 2 aromatic heterocycles. The zero-order chi connectivity index (χ0) is 19.7. The van der Waals surface area contributed by atoms with Crippen molar-refractivity contribution >= 4 is 20.9 Å². The number of nitrogens with one attached hydrogen (secondary N) is 1. The molecule has 0 aliphatic rings. The molecule has 0 saturated heterocycles. The molecule has 28 heavy (non-hydrogen) atoms. The number of sulfonamides is 1. The molecule has 7 nitrogen and oxygen atoms in total. The van der Waals surface area contributed by atoms with Crippen LogP contribution in [0, 0.1) is 0 Å². The van der Waals surface area contributed by atoms with Crippen molar-refractivity contribution in [3.8, 4) is 5.69 Å². The summed E-state index contributed by atoms with van der Waals surface area (Å²) in [5, 5.41) is 15.5. The van der Waals surface area contributed by atoms with Gasteiger partial charge in [0.25, 0.3) is 0 Å². The second-order valence-electron chi connectivity index (χ2n) is 6.56. The van der Waals surface area contributed by atoms with Gasteiger partial charge in [-0.3, -0.25) is 0 Å². The van der Waals surface area contributed by atoms with Gasteiger partial charge in [0.15, 0.2) is 0 Å². The van der Waals surface area contributed by atoms with Crippen LogP contribution in [-0.2, 0) is 17.1 Å². The van der Waals surface area contributed by atoms with Crippen LogP contribution in [0.3, 0.4) is 0 Å². The minimum Gasteiger partial charge on any atom is -0.387 e. The number of benzene rings is 2. The Hall–Kier alpha value is -2.94. The molecule has 0 aliphatic carbocycles. The van der Waals surface area contributed by atoms with E-state index < -0.39 is 16.1 Å². The summed E-state index contributed by atoms with van der Waals surface area (Å²) in [5.41, 5.74) is 2.48. The molecule has 1 atom stereocenters. The third-order valence-corrected chi connectivity index (χ3v) is 6.12. The molecule has 0 bridgehead atoms. The molecule has 0 spiro atoms. The van der Waals surface area contributed by atoms with Gasteiger partial charge in [0.2, 0.25) is 10.0 Å². The second kappa shape index (κ2) is 7.23. The quantitative estimate of drug-likeness (QED) is 0.524. The van der Waals surface area contributed by atoms with Crippen molar-refractivity contribution in [1.82, 2.24) is 19.1 Å². The first-order valence-corrected chi connectivity index (χ1v) is 10.3. The molecule has 0 aliphatic heterocycles. The van der Waals surface area contributed by atoms with Gasteiger partial charge in [-0.1, -0.05) is 6.07 Å². The summed E-state index contributed by atoms with van der Waals surface area (Å²) >= 11 is 0. The molecule has 0 saturated carbocycles. The van der Waals surface area contributed by atoms with Crippen LogP contribution in [-0.4, -0.2) is 34.4 Å². The van der Waals surface area contributed by atoms with E-state index in [9.17, 15) is 13.5 Å². The highest BCUT2D eigenvalue weighted by atomic mass is 32.2. The van der Waals surface area contributed by atoms with Crippen LogP contribution in [0.5, 0.6) is 0 Å². The molecule has 4 aromatic rings. The van der Waals surface area contributed by atoms with E-state index in [2.05, 4.69) is 9.82 Å². The number of hydrogen-bond donors (Lipinski definition) is 2. The zero-order valence-corrected chi connectivity index (χ0v) is 16.0. The lowest BCUT2D eigenvalue weighted by atomic mass is 10.1. The zero-order valence-electron chi connectivity index (χ0n) is 15.2. The number of aromatic nitrogens is 3. The lowest BCUT2D eigenvalue weighted by molar-refractivity contribution is 0.182. The summed E-state index contributed by atoms with van der Waals surface area (Å²) in [6.07, 6.45) is 4.43. The highest BCUT2D eigenvalue weighted by Gasteiger charge is 2.17. The Morgan fingerprint density at radius 3 is 2.61 bits per heavy atom. The van der Waals surface area contributed by atoms with E-state index in [4.69, 9.17) is 0 Å². The van der Waals surface area contributed by atoms with Crippen molar-refractivity contribution < 1.29 is 13.5 Å². The summed E-state index contributed by atoms with van der Waals surface area (Å²) in [6, 6.07) is 15.7. The molecule has 4 rings (SSSR count). The van der Waals surface area contributed by atoms with Crippen LogP contribution in [0.15, 0.2) is 78.1 Å². The van der Waals surface area contributed by atoms with E-state index in [0.717, 1.165) is 16.6 Å². The van der Waals surface area contributed by atoms with Crippen LogP contribution in [0.25, 0.3) is 16.6 Å². The number of rotatable bonds is 6. The molecule has 2 N–H and O–H groups in total. The SMILES string of the molecule is Cn1ccc2cc([C@@H](O)CNS(=O)(=O)c3ccc(-n4cccn4)cc3)ccc21. The van der Waals surface area contributed by atoms with Gasteiger partial charge in [0.05, 0.1) is 16.7 Å². The lowest BCUT2D eigenvalue weighted by Gasteiger charge is -2.13. The van der Waals surface area contributed by atoms with Gasteiger partial charge in [-0.15, -0.1) is 0 Å². The number of hydrogen-bond acceptors (Lipinski definition) is 4. The predicted molar refractivity (Wildman–Crippen MR) is 107 cm³/mol. The van der Waals surface area contributed by atoms with E-state index in [1.165, 1.54) is 12.1 Å². The Bertz CT molecular complexity index is 1200. The Morgan fingerprint density at radius 2 is 1.89 bits per heavy atom. The molecule has 0 unspecified atom stereocenters. The molecule has 2 heterocycles. The summed E-state index contributed by atoms with van der Waals surface area (Å²) in [4.78, 5) is 0.133. The van der Waals surface area contributed by atoms with E-state index in [0.29, 0.717) is 5.56 Å². The molecule has 144 valence electrons. The van der Waals surface area contributed by atoms with Crippen molar-refractivity contribution in [2.45, 2.75) is 11.0 Å². The Balaban J connectivity index is 1.46. The number of fused-ring (bicyclic) bond motifs is 1. The number of aryl methyl sites for hydroxylation is 1. The number of nitrogens with zero attached hydrogens (tertiary/aromatic N) is 3. The molecule has 0 fully saturated rings. The third-order valence-electron chi connectivity index (χ3n) is 4.68. The molecule has 0 radical (unpaired) electrons. The molecule has 0 amide bonds. The van der Waals surface area contributed by atoms with Crippen LogP contribution in [0.1, 0.15) is 11.7 Å². The fourth-order valence-electron chi connectivity index (χ4n) is 3.10. The summed E-state index contributed by atoms with van der Waals surface area (Å²) in [6.45, 7) is -0.110. The second-order valence-corrected chi connectivity index (χ2v) is 8.32. The number of aliphatic hydroxyl groups excluding tert-OH is 1. The van der Waals surface area contributed by atoms with Crippen LogP contribution in [0.4, 0.5) is 0 Å². The Morgan fingerprint density at radius 1 is 1.11 bits per heavy atom. The highest BCUT2D eigenvalue weighted by Crippen LogP contribution is 2.21. The average molecular weight is 396 g/mol. The first-order chi connectivity index (χ1) is 13.4. The maximum absolute atomic E-state index is 12.5. The maximum Gasteiger partial charge on any atom is 0.240 e. The van der Waals surface area contributed by atoms with Gasteiger partial charge in [0, 0.05) is 37.7 Å². The predicted octanol–water partition coefficient (Wildman–Crippen LogP) is 2.38. The van der Waals surface area contributed by atoms with Gasteiger partial charge in [-0.05, 0) is 59.5 Å². The minimum atomic E-state index is -3.73. The molecule has 8 heteroatoms. The van der Waals surface area contributed by atoms with E-state index in [1.807, 2.05) is 36.0 Å². The van der Waals surface area contributed by atoms with Crippen LogP contribution in [0.2, 0.25) is 0 Å². The molecule has 2 aromatic carbocycles. The molecular weight excluding hydrogens is 376 g/mol. The maximum atomic E-state index is 12.5. The van der Waals surface area contributed by atoms with Crippen molar-refractivity contribution in [3.63, 3.8) is 0 Å². The van der Waals surface area contributed by atoms with E-state index >= 15 is 0 Å². The minimum absolute atomic E-state index is 0.110. The largest absolute Gasteiger partial charge is 0.387 e. The van der Waals surface area contributed by atoms with Gasteiger partial charge in [0.1, 0.15) is 0 Å². The van der Waals surface area contributed by atoms with Gasteiger partial charge < -0.3 is 9.67 Å². The van der Waals surface area contributed by atoms with Crippen molar-refractivity contribution in [1.29, 1.82) is 0 Å². The van der Waals surface area contributed by atoms with Gasteiger partial charge in [-0.25, -0.2) is 17.8 Å². The number of aliphatic hydroxyl groups is 1. The lowest BCUT2D eigenvalue weighted by Crippen LogP contribution is -2.28. The standard InChI is InChI=1S/C20H20N4O3S/c1-23-12-9-15-13-16(3-8-19(15)23)20(25)14-22-28(26,27)18-6-4-17(5-7-18)24-11-2-10-21-24/h2-13,20,22,25H,14H2,1H3/t20-/m0/s1. The first-order valence-electron chi connectivity index (χ1n) is 8.77. The smallest absolute Gasteiger partial charge is 0.240 e. The summed E-state index contributed by atoms with van der Waals surface area (Å²) < 4.78 is 31.2. The van der Waals surface area contributed by atoms with Crippen molar-refractivity contribution in [2.75, 3.05) is 6.54 Å². The Labute approximate surface area is 162 Å². The topological polar surface area (TPSA) is 89.1 Å². The van der Waals surface area contributed by atoms with Gasteiger partial charge >= 0.3 is 0 Å². The summed E-state index contributed by atoms with van der Waals surface area (Å²) in [7, 11) is -1.78. The summed E-state index contributed by atoms with van der Waals surface area (Å²) in [5.74, 6) is 0. The first kappa shape index (κ1) is 18.4. The normalized spacial score (nSPS) is 13.1. The van der Waals surface area contributed by atoms with Crippen LogP contribution >= 0.6 is 0 Å². The Kier molecular flexibility index (Phi) is 4.76.